The first-order valence-electron chi connectivity index (χ1n) is 5.69. The summed E-state index contributed by atoms with van der Waals surface area (Å²) in [4.78, 5) is 0. The van der Waals surface area contributed by atoms with Crippen LogP contribution in [0.15, 0.2) is 12.1 Å². The van der Waals surface area contributed by atoms with Gasteiger partial charge in [-0.1, -0.05) is 32.9 Å². The highest BCUT2D eigenvalue weighted by atomic mass is 32.2. The fourth-order valence-electron chi connectivity index (χ4n) is 1.74. The molecule has 0 saturated heterocycles. The van der Waals surface area contributed by atoms with Crippen LogP contribution in [0.3, 0.4) is 0 Å². The average molecular weight is 273 g/mol. The van der Waals surface area contributed by atoms with Crippen LogP contribution in [0.5, 0.6) is 0 Å². The lowest BCUT2D eigenvalue weighted by molar-refractivity contribution is 0.566. The molecule has 0 unspecified atom stereocenters. The maximum Gasteiger partial charge on any atom is 0.232 e. The molecule has 1 aromatic rings. The van der Waals surface area contributed by atoms with Crippen molar-refractivity contribution in [3.8, 4) is 0 Å². The molecule has 18 heavy (non-hydrogen) atoms. The van der Waals surface area contributed by atoms with Crippen molar-refractivity contribution in [1.82, 2.24) is 0 Å². The van der Waals surface area contributed by atoms with Crippen LogP contribution in [0.1, 0.15) is 31.9 Å². The van der Waals surface area contributed by atoms with Crippen LogP contribution in [0.4, 0.5) is 10.1 Å². The third kappa shape index (κ3) is 2.83. The van der Waals surface area contributed by atoms with Gasteiger partial charge in [-0.25, -0.2) is 12.8 Å². The van der Waals surface area contributed by atoms with E-state index in [0.29, 0.717) is 11.1 Å². The SMILES string of the molecule is Cc1ccc(C(C)(C)C)c(N(C)S(C)(=O)=O)c1F. The number of anilines is 1. The van der Waals surface area contributed by atoms with E-state index in [1.165, 1.54) is 7.05 Å². The van der Waals surface area contributed by atoms with Crippen LogP contribution < -0.4 is 4.31 Å². The lowest BCUT2D eigenvalue weighted by atomic mass is 9.85. The van der Waals surface area contributed by atoms with Gasteiger partial charge in [0, 0.05) is 7.05 Å². The first-order chi connectivity index (χ1) is 7.96. The van der Waals surface area contributed by atoms with Gasteiger partial charge in [0.2, 0.25) is 10.0 Å². The Kier molecular flexibility index (Phi) is 3.77. The zero-order chi connectivity index (χ0) is 14.3. The van der Waals surface area contributed by atoms with Crippen molar-refractivity contribution < 1.29 is 12.8 Å². The van der Waals surface area contributed by atoms with Crippen LogP contribution in [-0.4, -0.2) is 21.7 Å². The molecule has 0 amide bonds. The van der Waals surface area contributed by atoms with E-state index in [-0.39, 0.29) is 11.1 Å². The fraction of sp³-hybridized carbons (Fsp3) is 0.538. The highest BCUT2D eigenvalue weighted by Crippen LogP contribution is 2.35. The number of aryl methyl sites for hydroxylation is 1. The van der Waals surface area contributed by atoms with Crippen molar-refractivity contribution in [3.05, 3.63) is 29.1 Å². The van der Waals surface area contributed by atoms with E-state index in [0.717, 1.165) is 10.6 Å². The average Bonchev–Trinajstić information content (AvgIpc) is 2.17. The molecule has 0 atom stereocenters. The maximum absolute atomic E-state index is 14.3. The Hall–Kier alpha value is -1.10. The Balaban J connectivity index is 3.64. The van der Waals surface area contributed by atoms with Crippen LogP contribution in [0.2, 0.25) is 0 Å². The molecule has 0 saturated carbocycles. The first-order valence-corrected chi connectivity index (χ1v) is 7.54. The normalized spacial score (nSPS) is 12.6. The van der Waals surface area contributed by atoms with E-state index in [2.05, 4.69) is 0 Å². The minimum absolute atomic E-state index is 0.144. The summed E-state index contributed by atoms with van der Waals surface area (Å²) < 4.78 is 38.5. The molecule has 0 fully saturated rings. The van der Waals surface area contributed by atoms with E-state index in [1.807, 2.05) is 20.8 Å². The monoisotopic (exact) mass is 273 g/mol. The van der Waals surface area contributed by atoms with Crippen LogP contribution in [0, 0.1) is 12.7 Å². The molecule has 1 rings (SSSR count). The molecule has 1 aromatic carbocycles. The van der Waals surface area contributed by atoms with Crippen LogP contribution in [-0.2, 0) is 15.4 Å². The Bertz CT molecular complexity index is 559. The van der Waals surface area contributed by atoms with E-state index in [9.17, 15) is 12.8 Å². The summed E-state index contributed by atoms with van der Waals surface area (Å²) in [5.41, 5.74) is 0.931. The first kappa shape index (κ1) is 15.0. The molecular formula is C13H20FNO2S. The minimum atomic E-state index is -3.48. The van der Waals surface area contributed by atoms with Crippen LogP contribution >= 0.6 is 0 Å². The molecular weight excluding hydrogens is 253 g/mol. The van der Waals surface area contributed by atoms with Crippen LogP contribution in [0.25, 0.3) is 0 Å². The number of halogens is 1. The molecule has 0 spiro atoms. The summed E-state index contributed by atoms with van der Waals surface area (Å²) in [6, 6.07) is 3.46. The highest BCUT2D eigenvalue weighted by Gasteiger charge is 2.27. The Morgan fingerprint density at radius 3 is 2.11 bits per heavy atom. The predicted molar refractivity (Wildman–Crippen MR) is 73.1 cm³/mol. The number of benzene rings is 1. The van der Waals surface area contributed by atoms with E-state index in [4.69, 9.17) is 0 Å². The molecule has 0 aromatic heterocycles. The summed E-state index contributed by atoms with van der Waals surface area (Å²) in [6.45, 7) is 7.41. The quantitative estimate of drug-likeness (QED) is 0.831. The van der Waals surface area contributed by atoms with Gasteiger partial charge in [-0.05, 0) is 23.5 Å². The molecule has 3 nitrogen and oxygen atoms in total. The third-order valence-electron chi connectivity index (χ3n) is 2.93. The highest BCUT2D eigenvalue weighted by molar-refractivity contribution is 7.92. The summed E-state index contributed by atoms with van der Waals surface area (Å²) in [5, 5.41) is 0. The van der Waals surface area contributed by atoms with Gasteiger partial charge in [-0.15, -0.1) is 0 Å². The van der Waals surface area contributed by atoms with Gasteiger partial charge in [-0.2, -0.15) is 0 Å². The molecule has 0 aliphatic rings. The standard InChI is InChI=1S/C13H20FNO2S/c1-9-7-8-10(13(2,3)4)12(11(9)14)15(5)18(6,16)17/h7-8H,1-6H3. The lowest BCUT2D eigenvalue weighted by Crippen LogP contribution is -2.29. The summed E-state index contributed by atoms with van der Waals surface area (Å²) in [5.74, 6) is -0.477. The summed E-state index contributed by atoms with van der Waals surface area (Å²) in [6.07, 6.45) is 1.07. The lowest BCUT2D eigenvalue weighted by Gasteiger charge is -2.28. The molecule has 0 heterocycles. The fourth-order valence-corrected chi connectivity index (χ4v) is 2.25. The Morgan fingerprint density at radius 1 is 1.22 bits per heavy atom. The molecule has 0 aliphatic heterocycles. The largest absolute Gasteiger partial charge is 0.270 e. The number of sulfonamides is 1. The maximum atomic E-state index is 14.3. The number of hydrogen-bond acceptors (Lipinski definition) is 2. The zero-order valence-electron chi connectivity index (χ0n) is 11.7. The van der Waals surface area contributed by atoms with E-state index < -0.39 is 15.8 Å². The zero-order valence-corrected chi connectivity index (χ0v) is 12.5. The van der Waals surface area contributed by atoms with Crippen molar-refractivity contribution in [2.45, 2.75) is 33.1 Å². The third-order valence-corrected chi connectivity index (χ3v) is 4.11. The second-order valence-electron chi connectivity index (χ2n) is 5.57. The molecule has 5 heteroatoms. The van der Waals surface area contributed by atoms with Gasteiger partial charge in [0.15, 0.2) is 5.82 Å². The Morgan fingerprint density at radius 2 is 1.72 bits per heavy atom. The molecule has 0 aliphatic carbocycles. The number of rotatable bonds is 2. The van der Waals surface area contributed by atoms with Gasteiger partial charge < -0.3 is 0 Å². The summed E-state index contributed by atoms with van der Waals surface area (Å²) >= 11 is 0. The van der Waals surface area contributed by atoms with Gasteiger partial charge in [0.05, 0.1) is 11.9 Å². The predicted octanol–water partition coefficient (Wildman–Crippen LogP) is 2.83. The van der Waals surface area contributed by atoms with Crippen molar-refractivity contribution in [2.75, 3.05) is 17.6 Å². The van der Waals surface area contributed by atoms with Gasteiger partial charge in [-0.3, -0.25) is 4.31 Å². The second kappa shape index (κ2) is 4.53. The smallest absolute Gasteiger partial charge is 0.232 e. The van der Waals surface area contributed by atoms with Crippen molar-refractivity contribution in [2.24, 2.45) is 0 Å². The van der Waals surface area contributed by atoms with E-state index in [1.54, 1.807) is 19.1 Å². The number of nitrogens with zero attached hydrogens (tertiary/aromatic N) is 1. The summed E-state index contributed by atoms with van der Waals surface area (Å²) in [7, 11) is -2.11. The molecule has 0 N–H and O–H groups in total. The van der Waals surface area contributed by atoms with Crippen molar-refractivity contribution in [1.29, 1.82) is 0 Å². The van der Waals surface area contributed by atoms with E-state index >= 15 is 0 Å². The minimum Gasteiger partial charge on any atom is -0.270 e. The van der Waals surface area contributed by atoms with Crippen molar-refractivity contribution >= 4 is 15.7 Å². The molecule has 0 radical (unpaired) electrons. The van der Waals surface area contributed by atoms with Gasteiger partial charge >= 0.3 is 0 Å². The molecule has 0 bridgehead atoms. The molecule has 102 valence electrons. The van der Waals surface area contributed by atoms with Gasteiger partial charge in [0.1, 0.15) is 0 Å². The second-order valence-corrected chi connectivity index (χ2v) is 7.59. The van der Waals surface area contributed by atoms with Gasteiger partial charge in [0.25, 0.3) is 0 Å². The van der Waals surface area contributed by atoms with Crippen molar-refractivity contribution in [3.63, 3.8) is 0 Å². The number of hydrogen-bond donors (Lipinski definition) is 0. The topological polar surface area (TPSA) is 37.4 Å². The Labute approximate surface area is 109 Å².